The molecule has 0 bridgehead atoms. The fraction of sp³-hybridized carbons (Fsp3) is 0.969. The molecule has 1 saturated heterocycles. The Balaban J connectivity index is 1.10. The van der Waals surface area contributed by atoms with Gasteiger partial charge in [0.2, 0.25) is 0 Å². The Morgan fingerprint density at radius 1 is 0.657 bits per heavy atom. The van der Waals surface area contributed by atoms with E-state index in [9.17, 15) is 0 Å². The van der Waals surface area contributed by atoms with Gasteiger partial charge in [-0.3, -0.25) is 4.99 Å². The van der Waals surface area contributed by atoms with Crippen LogP contribution in [0.15, 0.2) is 4.99 Å². The zero-order valence-corrected chi connectivity index (χ0v) is 23.4. The van der Waals surface area contributed by atoms with Gasteiger partial charge in [0.1, 0.15) is 0 Å². The molecule has 1 N–H and O–H groups in total. The minimum Gasteiger partial charge on any atom is -0.310 e. The topological polar surface area (TPSA) is 24.4 Å². The summed E-state index contributed by atoms with van der Waals surface area (Å²) < 4.78 is 0. The first-order valence-corrected chi connectivity index (χ1v) is 17.2. The molecule has 198 valence electrons. The first-order chi connectivity index (χ1) is 17.3. The van der Waals surface area contributed by atoms with Crippen LogP contribution in [-0.4, -0.2) is 35.3 Å². The minimum atomic E-state index is 0.761. The first-order valence-electron chi connectivity index (χ1n) is 16.3. The van der Waals surface area contributed by atoms with Crippen LogP contribution in [0.5, 0.6) is 0 Å². The molecule has 0 amide bonds. The predicted molar refractivity (Wildman–Crippen MR) is 153 cm³/mol. The predicted octanol–water partition coefficient (Wildman–Crippen LogP) is 8.44. The van der Waals surface area contributed by atoms with Crippen molar-refractivity contribution in [3.05, 3.63) is 0 Å². The second-order valence-electron chi connectivity index (χ2n) is 13.7. The summed E-state index contributed by atoms with van der Waals surface area (Å²) in [6.45, 7) is 1.11. The van der Waals surface area contributed by atoms with Gasteiger partial charge in [-0.15, -0.1) is 0 Å². The Morgan fingerprint density at radius 3 is 2.26 bits per heavy atom. The maximum absolute atomic E-state index is 5.03. The molecule has 1 aliphatic heterocycles. The zero-order valence-electron chi connectivity index (χ0n) is 22.6. The van der Waals surface area contributed by atoms with Gasteiger partial charge in [-0.05, 0) is 93.3 Å². The highest BCUT2D eigenvalue weighted by Gasteiger charge is 2.52. The molecular weight excluding hydrogens is 444 g/mol. The van der Waals surface area contributed by atoms with Crippen LogP contribution in [0.25, 0.3) is 0 Å². The lowest BCUT2D eigenvalue weighted by Crippen LogP contribution is -2.55. The first kappa shape index (κ1) is 25.3. The van der Waals surface area contributed by atoms with Crippen molar-refractivity contribution in [2.75, 3.05) is 6.54 Å². The summed E-state index contributed by atoms with van der Waals surface area (Å²) in [6.07, 6.45) is 31.9. The van der Waals surface area contributed by atoms with Gasteiger partial charge < -0.3 is 5.32 Å². The maximum atomic E-state index is 5.03. The number of rotatable bonds is 6. The normalized spacial score (nSPS) is 43.8. The van der Waals surface area contributed by atoms with Crippen LogP contribution in [-0.2, 0) is 0 Å². The molecule has 6 rings (SSSR count). The van der Waals surface area contributed by atoms with Crippen LogP contribution >= 0.6 is 11.8 Å². The standard InChI is InChI=1S/C32H54N2S/c1-3-10-23(11-4-1)21-33-22-24-12-9-15-26(20-24)34-31-27(25-13-5-2-6-14-25)18-19-29-28-16-7-8-17-30(28)35-32(29)31/h21,23-32,34H,1-20,22H2/b33-21+. The lowest BCUT2D eigenvalue weighted by Gasteiger charge is -2.47. The van der Waals surface area contributed by atoms with E-state index in [1.807, 2.05) is 0 Å². The fourth-order valence-electron chi connectivity index (χ4n) is 9.70. The Labute approximate surface area is 221 Å². The van der Waals surface area contributed by atoms with E-state index in [1.165, 1.54) is 116 Å². The number of nitrogens with one attached hydrogen (secondary N) is 1. The molecule has 3 heteroatoms. The van der Waals surface area contributed by atoms with Gasteiger partial charge in [-0.25, -0.2) is 0 Å². The van der Waals surface area contributed by atoms with Crippen LogP contribution < -0.4 is 5.32 Å². The van der Waals surface area contributed by atoms with Gasteiger partial charge in [0.05, 0.1) is 0 Å². The third kappa shape index (κ3) is 6.02. The van der Waals surface area contributed by atoms with Crippen LogP contribution in [0.1, 0.15) is 128 Å². The summed E-state index contributed by atoms with van der Waals surface area (Å²) in [7, 11) is 0. The van der Waals surface area contributed by atoms with E-state index in [4.69, 9.17) is 4.99 Å². The summed E-state index contributed by atoms with van der Waals surface area (Å²) in [4.78, 5) is 5.03. The molecule has 0 aromatic heterocycles. The highest BCUT2D eigenvalue weighted by atomic mass is 32.2. The van der Waals surface area contributed by atoms with Gasteiger partial charge in [-0.2, -0.15) is 11.8 Å². The molecule has 0 radical (unpaired) electrons. The van der Waals surface area contributed by atoms with E-state index in [2.05, 4.69) is 23.3 Å². The molecule has 6 aliphatic rings. The molecule has 6 fully saturated rings. The molecule has 2 nitrogen and oxygen atoms in total. The highest BCUT2D eigenvalue weighted by molar-refractivity contribution is 8.00. The SMILES string of the molecule is C(=N\CC1CCCC(NC2C(C3CCCCC3)CCC3C4CCCCC4SC32)C1)/C1CCCCC1. The van der Waals surface area contributed by atoms with Crippen molar-refractivity contribution in [3.8, 4) is 0 Å². The molecule has 5 saturated carbocycles. The number of thioether (sulfide) groups is 1. The van der Waals surface area contributed by atoms with Crippen molar-refractivity contribution in [2.45, 2.75) is 151 Å². The average molecular weight is 499 g/mol. The van der Waals surface area contributed by atoms with Crippen LogP contribution in [0.2, 0.25) is 0 Å². The number of hydrogen-bond acceptors (Lipinski definition) is 3. The average Bonchev–Trinajstić information content (AvgIpc) is 3.30. The Hall–Kier alpha value is -0.0200. The molecule has 8 atom stereocenters. The smallest absolute Gasteiger partial charge is 0.0414 e. The summed E-state index contributed by atoms with van der Waals surface area (Å²) in [6, 6.07) is 1.57. The summed E-state index contributed by atoms with van der Waals surface area (Å²) in [5.74, 6) is 5.69. The second-order valence-corrected chi connectivity index (χ2v) is 15.1. The van der Waals surface area contributed by atoms with Crippen molar-refractivity contribution < 1.29 is 0 Å². The lowest BCUT2D eigenvalue weighted by molar-refractivity contribution is 0.0929. The Kier molecular flexibility index (Phi) is 8.83. The fourth-order valence-corrected chi connectivity index (χ4v) is 11.9. The molecule has 8 unspecified atom stereocenters. The largest absolute Gasteiger partial charge is 0.310 e. The monoisotopic (exact) mass is 498 g/mol. The van der Waals surface area contributed by atoms with Gasteiger partial charge in [-0.1, -0.05) is 70.6 Å². The van der Waals surface area contributed by atoms with Crippen LogP contribution in [0, 0.1) is 35.5 Å². The van der Waals surface area contributed by atoms with E-state index in [1.54, 1.807) is 12.8 Å². The van der Waals surface area contributed by atoms with Crippen molar-refractivity contribution in [1.29, 1.82) is 0 Å². The van der Waals surface area contributed by atoms with Crippen LogP contribution in [0.3, 0.4) is 0 Å². The third-order valence-electron chi connectivity index (χ3n) is 11.5. The molecule has 5 aliphatic carbocycles. The molecular formula is C32H54N2S. The van der Waals surface area contributed by atoms with E-state index in [-0.39, 0.29) is 0 Å². The molecule has 0 aromatic rings. The molecule has 0 aromatic carbocycles. The van der Waals surface area contributed by atoms with Crippen molar-refractivity contribution in [2.24, 2.45) is 40.5 Å². The van der Waals surface area contributed by atoms with Crippen LogP contribution in [0.4, 0.5) is 0 Å². The summed E-state index contributed by atoms with van der Waals surface area (Å²) >= 11 is 2.49. The maximum Gasteiger partial charge on any atom is 0.0414 e. The number of fused-ring (bicyclic) bond motifs is 3. The highest BCUT2D eigenvalue weighted by Crippen LogP contribution is 2.57. The Morgan fingerprint density at radius 2 is 1.40 bits per heavy atom. The van der Waals surface area contributed by atoms with Crippen molar-refractivity contribution in [1.82, 2.24) is 5.32 Å². The van der Waals surface area contributed by atoms with E-state index >= 15 is 0 Å². The van der Waals surface area contributed by atoms with Crippen molar-refractivity contribution >= 4 is 18.0 Å². The third-order valence-corrected chi connectivity index (χ3v) is 13.4. The van der Waals surface area contributed by atoms with E-state index < -0.39 is 0 Å². The summed E-state index contributed by atoms with van der Waals surface area (Å²) in [5, 5.41) is 6.41. The van der Waals surface area contributed by atoms with E-state index in [0.29, 0.717) is 0 Å². The quantitative estimate of drug-likeness (QED) is 0.372. The zero-order chi connectivity index (χ0) is 23.5. The van der Waals surface area contributed by atoms with Crippen molar-refractivity contribution in [3.63, 3.8) is 0 Å². The van der Waals surface area contributed by atoms with Gasteiger partial charge >= 0.3 is 0 Å². The number of aliphatic imine (C=N–C) groups is 1. The Bertz CT molecular complexity index is 681. The molecule has 1 heterocycles. The lowest BCUT2D eigenvalue weighted by atomic mass is 9.64. The minimum absolute atomic E-state index is 0.761. The summed E-state index contributed by atoms with van der Waals surface area (Å²) in [5.41, 5.74) is 0. The van der Waals surface area contributed by atoms with Gasteiger partial charge in [0, 0.05) is 35.3 Å². The number of hydrogen-bond donors (Lipinski definition) is 1. The molecule has 0 spiro atoms. The van der Waals surface area contributed by atoms with E-state index in [0.717, 1.165) is 64.6 Å². The van der Waals surface area contributed by atoms with Gasteiger partial charge in [0.25, 0.3) is 0 Å². The van der Waals surface area contributed by atoms with Gasteiger partial charge in [0.15, 0.2) is 0 Å². The molecule has 35 heavy (non-hydrogen) atoms. The second kappa shape index (κ2) is 12.2. The number of nitrogens with zero attached hydrogens (tertiary/aromatic N) is 1.